The number of nitrogens with zero attached hydrogens (tertiary/aromatic N) is 2. The summed E-state index contributed by atoms with van der Waals surface area (Å²) in [6, 6.07) is 7.13. The Kier molecular flexibility index (Phi) is 8.01. The first kappa shape index (κ1) is 23.3. The molecule has 164 valence electrons. The van der Waals surface area contributed by atoms with Gasteiger partial charge < -0.3 is 15.2 Å². The third kappa shape index (κ3) is 6.23. The molecule has 2 rings (SSSR count). The van der Waals surface area contributed by atoms with Gasteiger partial charge in [-0.2, -0.15) is 0 Å². The summed E-state index contributed by atoms with van der Waals surface area (Å²) in [6.45, 7) is 2.37. The molecule has 0 saturated carbocycles. The highest BCUT2D eigenvalue weighted by molar-refractivity contribution is 5.93. The highest BCUT2D eigenvalue weighted by atomic mass is 16.6. The van der Waals surface area contributed by atoms with Crippen LogP contribution in [0.2, 0.25) is 0 Å². The summed E-state index contributed by atoms with van der Waals surface area (Å²) in [4.78, 5) is 44.1. The molecule has 0 fully saturated rings. The van der Waals surface area contributed by atoms with Gasteiger partial charge >= 0.3 is 23.3 Å². The Hall–Kier alpha value is -4.02. The Bertz CT molecular complexity index is 953. The number of hydrogen-bond donors (Lipinski definition) is 2. The van der Waals surface area contributed by atoms with Crippen LogP contribution >= 0.6 is 0 Å². The molecule has 0 radical (unpaired) electrons. The summed E-state index contributed by atoms with van der Waals surface area (Å²) in [6.07, 6.45) is 3.85. The molecule has 0 aliphatic heterocycles. The molecule has 2 aromatic rings. The number of carbonyl (C=O) groups is 2. The molecule has 2 N–H and O–H groups in total. The maximum Gasteiger partial charge on any atom is 0.338 e. The highest BCUT2D eigenvalue weighted by Gasteiger charge is 2.28. The maximum atomic E-state index is 12.1. The summed E-state index contributed by atoms with van der Waals surface area (Å²) in [5, 5.41) is 34.3. The van der Waals surface area contributed by atoms with Crippen molar-refractivity contribution in [1.82, 2.24) is 0 Å². The molecule has 2 aromatic carbocycles. The van der Waals surface area contributed by atoms with Gasteiger partial charge in [0.15, 0.2) is 5.69 Å². The second kappa shape index (κ2) is 10.7. The molecule has 31 heavy (non-hydrogen) atoms. The van der Waals surface area contributed by atoms with E-state index in [9.17, 15) is 29.8 Å². The van der Waals surface area contributed by atoms with E-state index in [1.807, 2.05) is 0 Å². The lowest BCUT2D eigenvalue weighted by molar-refractivity contribution is -0.392. The lowest BCUT2D eigenvalue weighted by Gasteiger charge is -2.10. The Balaban J connectivity index is 2.22. The average Bonchev–Trinajstić information content (AvgIpc) is 2.73. The maximum absolute atomic E-state index is 12.1. The van der Waals surface area contributed by atoms with Gasteiger partial charge in [-0.15, -0.1) is 0 Å². The summed E-state index contributed by atoms with van der Waals surface area (Å²) >= 11 is 0. The van der Waals surface area contributed by atoms with Crippen molar-refractivity contribution in [2.24, 2.45) is 0 Å². The number of ether oxygens (including phenoxy) is 1. The number of carboxylic acid groups (broad SMARTS) is 1. The molecule has 0 aliphatic rings. The average molecular weight is 431 g/mol. The number of aromatic carboxylic acids is 1. The van der Waals surface area contributed by atoms with Crippen LogP contribution in [-0.2, 0) is 4.74 Å². The molecule has 0 aromatic heterocycles. The highest BCUT2D eigenvalue weighted by Crippen LogP contribution is 2.37. The van der Waals surface area contributed by atoms with Gasteiger partial charge in [0.25, 0.3) is 0 Å². The van der Waals surface area contributed by atoms with Crippen LogP contribution in [-0.4, -0.2) is 33.5 Å². The van der Waals surface area contributed by atoms with Crippen molar-refractivity contribution in [2.75, 3.05) is 11.9 Å². The number of anilines is 2. The fourth-order valence-electron chi connectivity index (χ4n) is 2.76. The minimum Gasteiger partial charge on any atom is -0.478 e. The third-order valence-electron chi connectivity index (χ3n) is 4.36. The number of esters is 1. The zero-order chi connectivity index (χ0) is 23.0. The fourth-order valence-corrected chi connectivity index (χ4v) is 2.76. The smallest absolute Gasteiger partial charge is 0.338 e. The van der Waals surface area contributed by atoms with E-state index >= 15 is 0 Å². The number of carbonyl (C=O) groups excluding carboxylic acids is 1. The quantitative estimate of drug-likeness (QED) is 0.222. The van der Waals surface area contributed by atoms with E-state index in [0.29, 0.717) is 6.61 Å². The van der Waals surface area contributed by atoms with Crippen molar-refractivity contribution in [3.05, 3.63) is 67.8 Å². The number of unbranched alkanes of at least 4 members (excludes halogenated alkanes) is 3. The van der Waals surface area contributed by atoms with Gasteiger partial charge in [-0.25, -0.2) is 9.59 Å². The molecule has 0 amide bonds. The lowest BCUT2D eigenvalue weighted by atomic mass is 10.1. The van der Waals surface area contributed by atoms with Gasteiger partial charge in [0.05, 0.1) is 27.6 Å². The van der Waals surface area contributed by atoms with Gasteiger partial charge in [0, 0.05) is 17.8 Å². The van der Waals surface area contributed by atoms with Gasteiger partial charge in [-0.3, -0.25) is 20.2 Å². The standard InChI is InChI=1S/C20H21N3O8/c1-2-3-4-5-10-31-20(26)13-6-8-15(9-7-13)21-18-16(22(27)28)11-14(19(24)25)12-17(18)23(29)30/h6-9,11-12,21H,2-5,10H2,1H3,(H,24,25). The number of rotatable bonds is 11. The first-order valence-corrected chi connectivity index (χ1v) is 9.49. The number of nitrogens with one attached hydrogen (secondary N) is 1. The Labute approximate surface area is 176 Å². The molecule has 0 aliphatic carbocycles. The van der Waals surface area contributed by atoms with Crippen LogP contribution in [0.25, 0.3) is 0 Å². The van der Waals surface area contributed by atoms with Crippen LogP contribution in [0.1, 0.15) is 53.3 Å². The zero-order valence-electron chi connectivity index (χ0n) is 16.7. The fraction of sp³-hybridized carbons (Fsp3) is 0.300. The van der Waals surface area contributed by atoms with Crippen LogP contribution in [0, 0.1) is 20.2 Å². The number of carboxylic acids is 1. The Morgan fingerprint density at radius 1 is 0.968 bits per heavy atom. The van der Waals surface area contributed by atoms with E-state index < -0.39 is 44.4 Å². The minimum atomic E-state index is -1.53. The van der Waals surface area contributed by atoms with Crippen LogP contribution in [0.5, 0.6) is 0 Å². The van der Waals surface area contributed by atoms with E-state index in [1.165, 1.54) is 24.3 Å². The normalized spacial score (nSPS) is 10.4. The van der Waals surface area contributed by atoms with Gasteiger partial charge in [-0.05, 0) is 30.7 Å². The van der Waals surface area contributed by atoms with E-state index in [4.69, 9.17) is 9.84 Å². The van der Waals surface area contributed by atoms with Crippen molar-refractivity contribution in [1.29, 1.82) is 0 Å². The summed E-state index contributed by atoms with van der Waals surface area (Å²) in [5.41, 5.74) is -2.09. The minimum absolute atomic E-state index is 0.230. The largest absolute Gasteiger partial charge is 0.478 e. The van der Waals surface area contributed by atoms with Crippen molar-refractivity contribution in [2.45, 2.75) is 32.6 Å². The Morgan fingerprint density at radius 3 is 2.03 bits per heavy atom. The van der Waals surface area contributed by atoms with Gasteiger partial charge in [0.2, 0.25) is 0 Å². The summed E-state index contributed by atoms with van der Waals surface area (Å²) < 4.78 is 5.18. The molecule has 0 unspecified atom stereocenters. The Morgan fingerprint density at radius 2 is 1.55 bits per heavy atom. The molecule has 0 bridgehead atoms. The van der Waals surface area contributed by atoms with Crippen molar-refractivity contribution in [3.63, 3.8) is 0 Å². The predicted molar refractivity (Wildman–Crippen MR) is 111 cm³/mol. The van der Waals surface area contributed by atoms with E-state index in [2.05, 4.69) is 12.2 Å². The van der Waals surface area contributed by atoms with Crippen LogP contribution < -0.4 is 5.32 Å². The molecule has 0 spiro atoms. The van der Waals surface area contributed by atoms with E-state index in [0.717, 1.165) is 37.8 Å². The molecule has 0 saturated heterocycles. The molecule has 11 nitrogen and oxygen atoms in total. The number of nitro groups is 2. The number of nitro benzene ring substituents is 2. The summed E-state index contributed by atoms with van der Waals surface area (Å²) in [7, 11) is 0. The summed E-state index contributed by atoms with van der Waals surface area (Å²) in [5.74, 6) is -2.05. The second-order valence-electron chi connectivity index (χ2n) is 6.61. The third-order valence-corrected chi connectivity index (χ3v) is 4.36. The van der Waals surface area contributed by atoms with Crippen molar-refractivity contribution < 1.29 is 29.3 Å². The topological polar surface area (TPSA) is 162 Å². The number of hydrogen-bond acceptors (Lipinski definition) is 8. The first-order chi connectivity index (χ1) is 14.7. The monoisotopic (exact) mass is 431 g/mol. The van der Waals surface area contributed by atoms with Crippen LogP contribution in [0.3, 0.4) is 0 Å². The molecular weight excluding hydrogens is 410 g/mol. The van der Waals surface area contributed by atoms with Crippen LogP contribution in [0.4, 0.5) is 22.7 Å². The molecular formula is C20H21N3O8. The SMILES string of the molecule is CCCCCCOC(=O)c1ccc(Nc2c([N+](=O)[O-])cc(C(=O)O)cc2[N+](=O)[O-])cc1. The van der Waals surface area contributed by atoms with E-state index in [1.54, 1.807) is 0 Å². The molecule has 11 heteroatoms. The second-order valence-corrected chi connectivity index (χ2v) is 6.61. The zero-order valence-corrected chi connectivity index (χ0v) is 16.7. The van der Waals surface area contributed by atoms with E-state index in [-0.39, 0.29) is 11.3 Å². The van der Waals surface area contributed by atoms with Crippen molar-refractivity contribution >= 4 is 34.7 Å². The van der Waals surface area contributed by atoms with Crippen molar-refractivity contribution in [3.8, 4) is 0 Å². The molecule has 0 heterocycles. The van der Waals surface area contributed by atoms with Gasteiger partial charge in [-0.1, -0.05) is 26.2 Å². The van der Waals surface area contributed by atoms with Crippen LogP contribution in [0.15, 0.2) is 36.4 Å². The molecule has 0 atom stereocenters. The van der Waals surface area contributed by atoms with Gasteiger partial charge in [0.1, 0.15) is 0 Å². The number of benzene rings is 2. The predicted octanol–water partition coefficient (Wildman–Crippen LogP) is 4.68. The first-order valence-electron chi connectivity index (χ1n) is 9.49. The lowest BCUT2D eigenvalue weighted by Crippen LogP contribution is -2.07.